The van der Waals surface area contributed by atoms with E-state index in [4.69, 9.17) is 13.9 Å². The number of nitrogens with zero attached hydrogens (tertiary/aromatic N) is 2. The summed E-state index contributed by atoms with van der Waals surface area (Å²) in [4.78, 5) is 16.5. The molecule has 0 saturated carbocycles. The molecule has 11 heteroatoms. The van der Waals surface area contributed by atoms with Gasteiger partial charge in [-0.05, 0) is 31.0 Å². The highest BCUT2D eigenvalue weighted by molar-refractivity contribution is 7.99. The van der Waals surface area contributed by atoms with Crippen LogP contribution in [0.5, 0.6) is 0 Å². The number of carbonyl (C=O) groups excluding carboxylic acids is 1. The summed E-state index contributed by atoms with van der Waals surface area (Å²) in [6.07, 6.45) is 2.09. The maximum absolute atomic E-state index is 12.8. The zero-order valence-electron chi connectivity index (χ0n) is 15.8. The molecular formula is C18H23N3O6S2. The Labute approximate surface area is 173 Å². The van der Waals surface area contributed by atoms with Crippen LogP contribution in [0.15, 0.2) is 32.7 Å². The molecule has 0 spiro atoms. The highest BCUT2D eigenvalue weighted by Gasteiger charge is 2.27. The van der Waals surface area contributed by atoms with E-state index >= 15 is 0 Å². The number of hydrogen-bond acceptors (Lipinski definition) is 8. The fourth-order valence-electron chi connectivity index (χ4n) is 3.26. The number of amides is 1. The van der Waals surface area contributed by atoms with Crippen LogP contribution in [0.2, 0.25) is 0 Å². The maximum atomic E-state index is 12.8. The lowest BCUT2D eigenvalue weighted by atomic mass is 10.2. The largest absolute Gasteiger partial charge is 0.431 e. The highest BCUT2D eigenvalue weighted by Crippen LogP contribution is 2.27. The van der Waals surface area contributed by atoms with Crippen molar-refractivity contribution in [1.82, 2.24) is 14.6 Å². The minimum atomic E-state index is -3.60. The average Bonchev–Trinajstić information content (AvgIpc) is 3.40. The molecule has 2 aliphatic rings. The zero-order valence-corrected chi connectivity index (χ0v) is 17.5. The normalized spacial score (nSPS) is 20.9. The van der Waals surface area contributed by atoms with Crippen molar-refractivity contribution in [3.8, 4) is 0 Å². The molecule has 0 aliphatic carbocycles. The molecular weight excluding hydrogens is 418 g/mol. The van der Waals surface area contributed by atoms with Crippen LogP contribution in [0.1, 0.15) is 12.8 Å². The van der Waals surface area contributed by atoms with Crippen LogP contribution in [0, 0.1) is 0 Å². The summed E-state index contributed by atoms with van der Waals surface area (Å²) in [6, 6.07) is 4.61. The van der Waals surface area contributed by atoms with Crippen LogP contribution in [0.3, 0.4) is 0 Å². The second-order valence-corrected chi connectivity index (χ2v) is 9.72. The molecule has 2 aliphatic heterocycles. The van der Waals surface area contributed by atoms with E-state index < -0.39 is 10.0 Å². The van der Waals surface area contributed by atoms with E-state index in [-0.39, 0.29) is 22.7 Å². The fraction of sp³-hybridized carbons (Fsp3) is 0.556. The molecule has 2 aromatic rings. The van der Waals surface area contributed by atoms with Crippen LogP contribution in [0.25, 0.3) is 11.1 Å². The number of oxazole rings is 1. The van der Waals surface area contributed by atoms with Gasteiger partial charge in [-0.25, -0.2) is 13.4 Å². The first-order valence-electron chi connectivity index (χ1n) is 9.52. The van der Waals surface area contributed by atoms with Gasteiger partial charge in [-0.15, -0.1) is 0 Å². The summed E-state index contributed by atoms with van der Waals surface area (Å²) < 4.78 is 43.3. The molecule has 1 N–H and O–H groups in total. The van der Waals surface area contributed by atoms with E-state index in [9.17, 15) is 13.2 Å². The lowest BCUT2D eigenvalue weighted by Crippen LogP contribution is -2.40. The molecule has 2 saturated heterocycles. The van der Waals surface area contributed by atoms with Gasteiger partial charge in [0.2, 0.25) is 15.9 Å². The predicted molar refractivity (Wildman–Crippen MR) is 106 cm³/mol. The molecule has 1 unspecified atom stereocenters. The number of sulfonamides is 1. The Hall–Kier alpha value is -1.66. The van der Waals surface area contributed by atoms with Crippen LogP contribution < -0.4 is 5.32 Å². The zero-order chi connectivity index (χ0) is 20.3. The molecule has 3 heterocycles. The van der Waals surface area contributed by atoms with Crippen molar-refractivity contribution >= 4 is 38.8 Å². The number of aromatic nitrogens is 1. The third-order valence-corrected chi connectivity index (χ3v) is 7.55. The molecule has 1 aromatic carbocycles. The lowest BCUT2D eigenvalue weighted by molar-refractivity contribution is -0.119. The first-order valence-corrected chi connectivity index (χ1v) is 11.9. The van der Waals surface area contributed by atoms with Gasteiger partial charge in [0.05, 0.1) is 30.0 Å². The summed E-state index contributed by atoms with van der Waals surface area (Å²) in [6.45, 7) is 2.71. The van der Waals surface area contributed by atoms with Crippen LogP contribution in [-0.2, 0) is 24.3 Å². The topological polar surface area (TPSA) is 111 Å². The SMILES string of the molecule is O=C(CSc1nc2cc(S(=O)(=O)N3CCOCC3)ccc2o1)NCC1CCCO1. The predicted octanol–water partition coefficient (Wildman–Crippen LogP) is 1.24. The van der Waals surface area contributed by atoms with E-state index in [1.807, 2.05) is 0 Å². The molecule has 1 atom stereocenters. The summed E-state index contributed by atoms with van der Waals surface area (Å²) in [5.74, 6) is 0.0432. The maximum Gasteiger partial charge on any atom is 0.257 e. The molecule has 0 bridgehead atoms. The van der Waals surface area contributed by atoms with Crippen LogP contribution >= 0.6 is 11.8 Å². The monoisotopic (exact) mass is 441 g/mol. The van der Waals surface area contributed by atoms with Crippen molar-refractivity contribution in [3.63, 3.8) is 0 Å². The Bertz CT molecular complexity index is 965. The van der Waals surface area contributed by atoms with Gasteiger partial charge in [-0.3, -0.25) is 4.79 Å². The fourth-order valence-corrected chi connectivity index (χ4v) is 5.35. The Morgan fingerprint density at radius 1 is 1.28 bits per heavy atom. The van der Waals surface area contributed by atoms with Gasteiger partial charge in [0, 0.05) is 26.2 Å². The summed E-state index contributed by atoms with van der Waals surface area (Å²) >= 11 is 1.17. The van der Waals surface area contributed by atoms with Gasteiger partial charge < -0.3 is 19.2 Å². The van der Waals surface area contributed by atoms with Crippen LogP contribution in [0.4, 0.5) is 0 Å². The van der Waals surface area contributed by atoms with Gasteiger partial charge in [-0.2, -0.15) is 4.31 Å². The number of benzene rings is 1. The van der Waals surface area contributed by atoms with E-state index in [1.54, 1.807) is 6.07 Å². The van der Waals surface area contributed by atoms with E-state index in [0.717, 1.165) is 19.4 Å². The Balaban J connectivity index is 1.38. The van der Waals surface area contributed by atoms with Gasteiger partial charge in [-0.1, -0.05) is 11.8 Å². The molecule has 1 aromatic heterocycles. The van der Waals surface area contributed by atoms with Crippen molar-refractivity contribution in [3.05, 3.63) is 18.2 Å². The number of ether oxygens (including phenoxy) is 2. The number of morpholine rings is 1. The highest BCUT2D eigenvalue weighted by atomic mass is 32.2. The Morgan fingerprint density at radius 3 is 2.86 bits per heavy atom. The van der Waals surface area contributed by atoms with Crippen molar-refractivity contribution < 1.29 is 27.1 Å². The number of nitrogens with one attached hydrogen (secondary N) is 1. The minimum Gasteiger partial charge on any atom is -0.431 e. The molecule has 2 fully saturated rings. The summed E-state index contributed by atoms with van der Waals surface area (Å²) in [5.41, 5.74) is 0.926. The van der Waals surface area contributed by atoms with E-state index in [0.29, 0.717) is 49.2 Å². The lowest BCUT2D eigenvalue weighted by Gasteiger charge is -2.25. The summed E-state index contributed by atoms with van der Waals surface area (Å²) in [7, 11) is -3.60. The Kier molecular flexibility index (Phi) is 6.40. The smallest absolute Gasteiger partial charge is 0.257 e. The number of fused-ring (bicyclic) bond motifs is 1. The van der Waals surface area contributed by atoms with Crippen LogP contribution in [-0.4, -0.2) is 74.9 Å². The minimum absolute atomic E-state index is 0.0973. The molecule has 9 nitrogen and oxygen atoms in total. The van der Waals surface area contributed by atoms with Crippen molar-refractivity contribution in [2.24, 2.45) is 0 Å². The molecule has 0 radical (unpaired) electrons. The standard InChI is InChI=1S/C18H23N3O6S2/c22-17(19-11-13-2-1-7-26-13)12-28-18-20-15-10-14(3-4-16(15)27-18)29(23,24)21-5-8-25-9-6-21/h3-4,10,13H,1-2,5-9,11-12H2,(H,19,22). The third kappa shape index (κ3) is 4.92. The molecule has 1 amide bonds. The first kappa shape index (κ1) is 20.6. The van der Waals surface area contributed by atoms with Crippen molar-refractivity contribution in [1.29, 1.82) is 0 Å². The molecule has 29 heavy (non-hydrogen) atoms. The molecule has 158 valence electrons. The quantitative estimate of drug-likeness (QED) is 0.639. The molecule has 4 rings (SSSR count). The van der Waals surface area contributed by atoms with E-state index in [1.165, 1.54) is 28.2 Å². The average molecular weight is 442 g/mol. The second kappa shape index (κ2) is 9.00. The Morgan fingerprint density at radius 2 is 2.10 bits per heavy atom. The first-order chi connectivity index (χ1) is 14.0. The number of thioether (sulfide) groups is 1. The second-order valence-electron chi connectivity index (χ2n) is 6.85. The van der Waals surface area contributed by atoms with Gasteiger partial charge in [0.25, 0.3) is 5.22 Å². The number of carbonyl (C=O) groups is 1. The van der Waals surface area contributed by atoms with Gasteiger partial charge in [0.1, 0.15) is 5.52 Å². The van der Waals surface area contributed by atoms with Crippen molar-refractivity contribution in [2.45, 2.75) is 29.1 Å². The van der Waals surface area contributed by atoms with Gasteiger partial charge in [0.15, 0.2) is 5.58 Å². The number of hydrogen-bond donors (Lipinski definition) is 1. The van der Waals surface area contributed by atoms with Gasteiger partial charge >= 0.3 is 0 Å². The van der Waals surface area contributed by atoms with E-state index in [2.05, 4.69) is 10.3 Å². The number of rotatable bonds is 7. The third-order valence-electron chi connectivity index (χ3n) is 4.82. The van der Waals surface area contributed by atoms with Crippen molar-refractivity contribution in [2.75, 3.05) is 45.2 Å². The summed E-state index contributed by atoms with van der Waals surface area (Å²) in [5, 5.41) is 3.17.